The van der Waals surface area contributed by atoms with E-state index in [1.54, 1.807) is 0 Å². The van der Waals surface area contributed by atoms with Crippen LogP contribution in [0.2, 0.25) is 0 Å². The zero-order valence-corrected chi connectivity index (χ0v) is 6.79. The average molecular weight is 163 g/mol. The lowest BCUT2D eigenvalue weighted by Gasteiger charge is -2.14. The second kappa shape index (κ2) is 3.56. The van der Waals surface area contributed by atoms with Crippen LogP contribution < -0.4 is 10.2 Å². The van der Waals surface area contributed by atoms with Crippen molar-refractivity contribution in [1.29, 1.82) is 0 Å². The summed E-state index contributed by atoms with van der Waals surface area (Å²) in [6.07, 6.45) is 0. The number of nitrogens with zero attached hydrogens (tertiary/aromatic N) is 1. The molecule has 3 heteroatoms. The highest BCUT2D eigenvalue weighted by atomic mass is 16.7. The van der Waals surface area contributed by atoms with E-state index < -0.39 is 0 Å². The predicted molar refractivity (Wildman–Crippen MR) is 45.5 cm³/mol. The van der Waals surface area contributed by atoms with E-state index in [0.717, 1.165) is 25.5 Å². The monoisotopic (exact) mass is 163 g/mol. The standard InChI is InChI=1S/C9H11N2O/c1-2-4-9(5-3-1)12-11-7-6-10-8-11/h2-5,10H,6-8H2. The van der Waals surface area contributed by atoms with Gasteiger partial charge in [0.1, 0.15) is 5.75 Å². The van der Waals surface area contributed by atoms with Gasteiger partial charge in [0.05, 0.1) is 6.67 Å². The molecule has 0 spiro atoms. The van der Waals surface area contributed by atoms with Gasteiger partial charge in [0.15, 0.2) is 0 Å². The molecule has 12 heavy (non-hydrogen) atoms. The Kier molecular flexibility index (Phi) is 2.25. The van der Waals surface area contributed by atoms with Gasteiger partial charge in [-0.3, -0.25) is 0 Å². The molecule has 1 aromatic carbocycles. The third kappa shape index (κ3) is 1.75. The summed E-state index contributed by atoms with van der Waals surface area (Å²) in [5.74, 6) is 0.873. The fourth-order valence-electron chi connectivity index (χ4n) is 1.15. The van der Waals surface area contributed by atoms with E-state index in [4.69, 9.17) is 4.84 Å². The summed E-state index contributed by atoms with van der Waals surface area (Å²) in [5.41, 5.74) is 0. The molecule has 0 saturated carbocycles. The minimum absolute atomic E-state index is 0.804. The van der Waals surface area contributed by atoms with E-state index in [2.05, 4.69) is 11.4 Å². The van der Waals surface area contributed by atoms with Crippen molar-refractivity contribution in [3.8, 4) is 5.75 Å². The van der Waals surface area contributed by atoms with Crippen LogP contribution >= 0.6 is 0 Å². The minimum atomic E-state index is 0.804. The molecule has 3 nitrogen and oxygen atoms in total. The van der Waals surface area contributed by atoms with E-state index in [1.165, 1.54) is 0 Å². The highest BCUT2D eigenvalue weighted by molar-refractivity contribution is 5.19. The molecule has 1 saturated heterocycles. The molecule has 1 fully saturated rings. The molecule has 0 unspecified atom stereocenters. The number of hydrogen-bond acceptors (Lipinski definition) is 3. The van der Waals surface area contributed by atoms with Crippen molar-refractivity contribution in [3.63, 3.8) is 0 Å². The van der Waals surface area contributed by atoms with Crippen molar-refractivity contribution in [2.45, 2.75) is 0 Å². The Balaban J connectivity index is 1.94. The number of hydrogen-bond donors (Lipinski definition) is 1. The van der Waals surface area contributed by atoms with Crippen LogP contribution in [0.3, 0.4) is 0 Å². The summed E-state index contributed by atoms with van der Waals surface area (Å²) in [6.45, 7) is 2.75. The van der Waals surface area contributed by atoms with Gasteiger partial charge in [0.25, 0.3) is 0 Å². The van der Waals surface area contributed by atoms with Crippen molar-refractivity contribution in [2.24, 2.45) is 0 Å². The summed E-state index contributed by atoms with van der Waals surface area (Å²) in [6, 6.07) is 10.4. The van der Waals surface area contributed by atoms with Gasteiger partial charge in [-0.25, -0.2) is 0 Å². The van der Waals surface area contributed by atoms with E-state index >= 15 is 0 Å². The van der Waals surface area contributed by atoms with E-state index in [-0.39, 0.29) is 0 Å². The largest absolute Gasteiger partial charge is 0.405 e. The summed E-state index contributed by atoms with van der Waals surface area (Å²) >= 11 is 0. The molecule has 63 valence electrons. The van der Waals surface area contributed by atoms with Crippen molar-refractivity contribution >= 4 is 0 Å². The van der Waals surface area contributed by atoms with Crippen LogP contribution in [-0.2, 0) is 0 Å². The zero-order valence-electron chi connectivity index (χ0n) is 6.79. The molecular formula is C9H11N2O. The second-order valence-electron chi connectivity index (χ2n) is 2.69. The maximum absolute atomic E-state index is 5.53. The number of rotatable bonds is 2. The molecule has 0 bridgehead atoms. The Hall–Kier alpha value is -1.06. The predicted octanol–water partition coefficient (Wildman–Crippen LogP) is 0.643. The lowest BCUT2D eigenvalue weighted by atomic mass is 10.3. The topological polar surface area (TPSA) is 24.5 Å². The Morgan fingerprint density at radius 2 is 2.25 bits per heavy atom. The van der Waals surface area contributed by atoms with Crippen LogP contribution in [0.25, 0.3) is 0 Å². The van der Waals surface area contributed by atoms with Gasteiger partial charge in [-0.2, -0.15) is 0 Å². The van der Waals surface area contributed by atoms with Crippen LogP contribution in [0, 0.1) is 6.07 Å². The molecule has 0 aliphatic carbocycles. The first kappa shape index (κ1) is 7.58. The van der Waals surface area contributed by atoms with Gasteiger partial charge in [0.2, 0.25) is 0 Å². The van der Waals surface area contributed by atoms with Gasteiger partial charge >= 0.3 is 0 Å². The summed E-state index contributed by atoms with van der Waals surface area (Å²) in [5, 5.41) is 5.08. The lowest BCUT2D eigenvalue weighted by Crippen LogP contribution is -2.25. The van der Waals surface area contributed by atoms with Crippen molar-refractivity contribution in [3.05, 3.63) is 30.3 Å². The van der Waals surface area contributed by atoms with Gasteiger partial charge in [-0.15, -0.1) is 5.06 Å². The van der Waals surface area contributed by atoms with E-state index in [0.29, 0.717) is 0 Å². The molecule has 1 heterocycles. The van der Waals surface area contributed by atoms with Gasteiger partial charge in [-0.05, 0) is 18.2 Å². The van der Waals surface area contributed by atoms with Gasteiger partial charge in [0, 0.05) is 13.1 Å². The molecule has 0 aromatic heterocycles. The van der Waals surface area contributed by atoms with Gasteiger partial charge in [-0.1, -0.05) is 12.1 Å². The highest BCUT2D eigenvalue weighted by Gasteiger charge is 2.11. The summed E-state index contributed by atoms with van der Waals surface area (Å²) < 4.78 is 0. The van der Waals surface area contributed by atoms with E-state index in [1.807, 2.05) is 29.3 Å². The van der Waals surface area contributed by atoms with Crippen LogP contribution in [0.1, 0.15) is 0 Å². The SMILES string of the molecule is [c]1ccc(ON2CCNC2)cc1. The summed E-state index contributed by atoms with van der Waals surface area (Å²) in [7, 11) is 0. The average Bonchev–Trinajstić information content (AvgIpc) is 2.59. The third-order valence-electron chi connectivity index (χ3n) is 1.75. The minimum Gasteiger partial charge on any atom is -0.405 e. The molecule has 1 aromatic rings. The fourth-order valence-corrected chi connectivity index (χ4v) is 1.15. The number of nitrogens with one attached hydrogen (secondary N) is 1. The Morgan fingerprint density at radius 3 is 2.92 bits per heavy atom. The van der Waals surface area contributed by atoms with Crippen LogP contribution in [0.5, 0.6) is 5.75 Å². The molecule has 0 amide bonds. The highest BCUT2D eigenvalue weighted by Crippen LogP contribution is 2.10. The molecule has 1 N–H and O–H groups in total. The molecule has 1 radical (unpaired) electrons. The molecule has 2 rings (SSSR count). The summed E-state index contributed by atoms with van der Waals surface area (Å²) in [4.78, 5) is 5.53. The van der Waals surface area contributed by atoms with Crippen molar-refractivity contribution in [1.82, 2.24) is 10.4 Å². The number of benzene rings is 1. The third-order valence-corrected chi connectivity index (χ3v) is 1.75. The molecule has 0 atom stereocenters. The van der Waals surface area contributed by atoms with Crippen molar-refractivity contribution in [2.75, 3.05) is 19.8 Å². The van der Waals surface area contributed by atoms with Crippen LogP contribution in [0.4, 0.5) is 0 Å². The van der Waals surface area contributed by atoms with Crippen LogP contribution in [0.15, 0.2) is 24.3 Å². The smallest absolute Gasteiger partial charge is 0.147 e. The molecular weight excluding hydrogens is 152 g/mol. The Morgan fingerprint density at radius 1 is 1.42 bits per heavy atom. The molecule has 1 aliphatic heterocycles. The maximum atomic E-state index is 5.53. The first-order valence-corrected chi connectivity index (χ1v) is 4.05. The Labute approximate surface area is 71.9 Å². The zero-order chi connectivity index (χ0) is 8.23. The lowest BCUT2D eigenvalue weighted by molar-refractivity contribution is -0.0358. The fraction of sp³-hybridized carbons (Fsp3) is 0.333. The normalized spacial score (nSPS) is 18.0. The first-order chi connectivity index (χ1) is 5.95. The quantitative estimate of drug-likeness (QED) is 0.692. The second-order valence-corrected chi connectivity index (χ2v) is 2.69. The van der Waals surface area contributed by atoms with E-state index in [9.17, 15) is 0 Å². The first-order valence-electron chi connectivity index (χ1n) is 4.05. The number of hydroxylamine groups is 2. The molecule has 1 aliphatic rings. The maximum Gasteiger partial charge on any atom is 0.147 e. The van der Waals surface area contributed by atoms with Crippen LogP contribution in [-0.4, -0.2) is 24.8 Å². The Bertz CT molecular complexity index is 232. The van der Waals surface area contributed by atoms with Crippen molar-refractivity contribution < 1.29 is 4.84 Å². The van der Waals surface area contributed by atoms with Gasteiger partial charge < -0.3 is 10.2 Å².